The second kappa shape index (κ2) is 11.4. The van der Waals surface area contributed by atoms with E-state index in [9.17, 15) is 0 Å². The minimum Gasteiger partial charge on any atom is -0.118 e. The van der Waals surface area contributed by atoms with Crippen molar-refractivity contribution >= 4 is 19.7 Å². The fourth-order valence-corrected chi connectivity index (χ4v) is 10.3. The lowest BCUT2D eigenvalue weighted by Crippen LogP contribution is -2.40. The van der Waals surface area contributed by atoms with Crippen molar-refractivity contribution in [1.82, 2.24) is 0 Å². The van der Waals surface area contributed by atoms with Crippen molar-refractivity contribution in [1.29, 1.82) is 0 Å². The van der Waals surface area contributed by atoms with E-state index in [0.717, 1.165) is 5.54 Å². The van der Waals surface area contributed by atoms with Gasteiger partial charge in [-0.25, -0.2) is 0 Å². The molecule has 0 saturated carbocycles. The molecule has 1 rings (SSSR count). The van der Waals surface area contributed by atoms with Crippen molar-refractivity contribution in [2.45, 2.75) is 102 Å². The van der Waals surface area contributed by atoms with Crippen LogP contribution in [0.4, 0.5) is 0 Å². The van der Waals surface area contributed by atoms with Crippen molar-refractivity contribution < 1.29 is 0 Å². The third-order valence-corrected chi connectivity index (χ3v) is 12.3. The van der Waals surface area contributed by atoms with Crippen molar-refractivity contribution in [3.8, 4) is 0 Å². The Morgan fingerprint density at radius 1 is 0.833 bits per heavy atom. The molecule has 1 aromatic carbocycles. The van der Waals surface area contributed by atoms with Gasteiger partial charge in [-0.1, -0.05) is 109 Å². The molecule has 2 heteroatoms. The van der Waals surface area contributed by atoms with Crippen LogP contribution in [0.25, 0.3) is 0 Å². The van der Waals surface area contributed by atoms with Gasteiger partial charge in [0.25, 0.3) is 0 Å². The molecular weight excluding hydrogens is 328 g/mol. The summed E-state index contributed by atoms with van der Waals surface area (Å²) in [6.07, 6.45) is 8.23. The summed E-state index contributed by atoms with van der Waals surface area (Å²) in [6.45, 7) is 11.7. The van der Waals surface area contributed by atoms with Gasteiger partial charge in [0, 0.05) is 0 Å². The van der Waals surface area contributed by atoms with Crippen molar-refractivity contribution in [3.63, 3.8) is 0 Å². The molecule has 0 aliphatic heterocycles. The zero-order valence-corrected chi connectivity index (χ0v) is 18.5. The molecule has 2 atom stereocenters. The zero-order chi connectivity index (χ0) is 18.0. The maximum Gasteiger partial charge on any atom is 0.0609 e. The van der Waals surface area contributed by atoms with E-state index in [1.807, 2.05) is 0 Å². The third-order valence-electron chi connectivity index (χ3n) is 5.87. The number of benzene rings is 1. The maximum absolute atomic E-state index is 6.36. The second-order valence-corrected chi connectivity index (χ2v) is 13.4. The van der Waals surface area contributed by atoms with Crippen LogP contribution in [0, 0.1) is 0 Å². The quantitative estimate of drug-likeness (QED) is 0.257. The van der Waals surface area contributed by atoms with Crippen molar-refractivity contribution in [2.24, 2.45) is 0 Å². The molecule has 138 valence electrons. The van der Waals surface area contributed by atoms with Gasteiger partial charge in [0.2, 0.25) is 0 Å². The molecule has 0 bridgehead atoms. The van der Waals surface area contributed by atoms with Gasteiger partial charge in [-0.2, -0.15) is 0 Å². The van der Waals surface area contributed by atoms with Gasteiger partial charge in [0.05, 0.1) is 13.5 Å². The normalized spacial score (nSPS) is 14.6. The van der Waals surface area contributed by atoms with Crippen LogP contribution in [0.5, 0.6) is 0 Å². The standard InChI is InChI=1S/C22H39ClSi/c1-6-9-15-24(16-10-7-2,17-11-8-3)20(5)22-14-12-13-21(18-22)19(4)23/h12-14,18-20H,6-11,15-17H2,1-5H3. The molecule has 0 aliphatic rings. The first-order valence-electron chi connectivity index (χ1n) is 10.2. The Morgan fingerprint density at radius 2 is 1.29 bits per heavy atom. The molecule has 0 aromatic heterocycles. The highest BCUT2D eigenvalue weighted by Gasteiger charge is 2.37. The van der Waals surface area contributed by atoms with Gasteiger partial charge in [0.15, 0.2) is 0 Å². The topological polar surface area (TPSA) is 0 Å². The number of unbranched alkanes of at least 4 members (excludes halogenated alkanes) is 3. The number of rotatable bonds is 12. The van der Waals surface area contributed by atoms with Crippen LogP contribution in [-0.4, -0.2) is 8.07 Å². The first kappa shape index (κ1) is 21.8. The predicted octanol–water partition coefficient (Wildman–Crippen LogP) is 8.48. The van der Waals surface area contributed by atoms with Crippen molar-refractivity contribution in [2.75, 3.05) is 0 Å². The van der Waals surface area contributed by atoms with Crippen molar-refractivity contribution in [3.05, 3.63) is 35.4 Å². The lowest BCUT2D eigenvalue weighted by atomic mass is 10.1. The van der Waals surface area contributed by atoms with Crippen LogP contribution in [0.1, 0.15) is 95.2 Å². The van der Waals surface area contributed by atoms with Crippen LogP contribution < -0.4 is 0 Å². The van der Waals surface area contributed by atoms with Crippen LogP contribution >= 0.6 is 11.6 Å². The summed E-state index contributed by atoms with van der Waals surface area (Å²) in [6, 6.07) is 13.7. The van der Waals surface area contributed by atoms with Crippen LogP contribution in [0.15, 0.2) is 24.3 Å². The Hall–Kier alpha value is -0.273. The predicted molar refractivity (Wildman–Crippen MR) is 114 cm³/mol. The van der Waals surface area contributed by atoms with Gasteiger partial charge in [-0.05, 0) is 23.6 Å². The summed E-state index contributed by atoms with van der Waals surface area (Å²) in [5.74, 6) is 0. The molecule has 0 spiro atoms. The molecule has 0 fully saturated rings. The minimum absolute atomic E-state index is 0.107. The Morgan fingerprint density at radius 3 is 1.71 bits per heavy atom. The highest BCUT2D eigenvalue weighted by Crippen LogP contribution is 2.40. The molecule has 0 heterocycles. The molecule has 1 aromatic rings. The second-order valence-electron chi connectivity index (χ2n) is 7.68. The van der Waals surface area contributed by atoms with E-state index >= 15 is 0 Å². The van der Waals surface area contributed by atoms with E-state index in [1.165, 1.54) is 62.2 Å². The van der Waals surface area contributed by atoms with Gasteiger partial charge in [0.1, 0.15) is 0 Å². The molecule has 24 heavy (non-hydrogen) atoms. The molecule has 0 amide bonds. The number of alkyl halides is 1. The van der Waals surface area contributed by atoms with Gasteiger partial charge < -0.3 is 0 Å². The van der Waals surface area contributed by atoms with Gasteiger partial charge in [-0.3, -0.25) is 0 Å². The van der Waals surface area contributed by atoms with Crippen LogP contribution in [-0.2, 0) is 0 Å². The summed E-state index contributed by atoms with van der Waals surface area (Å²) in [5.41, 5.74) is 3.58. The highest BCUT2D eigenvalue weighted by atomic mass is 35.5. The first-order chi connectivity index (χ1) is 11.5. The van der Waals surface area contributed by atoms with E-state index < -0.39 is 8.07 Å². The Balaban J connectivity index is 3.14. The monoisotopic (exact) mass is 366 g/mol. The number of halogens is 1. The summed E-state index contributed by atoms with van der Waals surface area (Å²) < 4.78 is 0. The molecule has 0 saturated heterocycles. The minimum atomic E-state index is -1.30. The molecular formula is C22H39ClSi. The molecule has 0 N–H and O–H groups in total. The maximum atomic E-state index is 6.36. The SMILES string of the molecule is CCCC[Si](CCCC)(CCCC)C(C)c1cccc(C(C)Cl)c1. The summed E-state index contributed by atoms with van der Waals surface area (Å²) in [5, 5.41) is 0.107. The fraction of sp³-hybridized carbons (Fsp3) is 0.727. The smallest absolute Gasteiger partial charge is 0.0609 e. The van der Waals surface area contributed by atoms with Crippen LogP contribution in [0.2, 0.25) is 18.1 Å². The van der Waals surface area contributed by atoms with E-state index in [4.69, 9.17) is 11.6 Å². The van der Waals surface area contributed by atoms with E-state index in [-0.39, 0.29) is 5.38 Å². The number of hydrogen-bond acceptors (Lipinski definition) is 0. The summed E-state index contributed by atoms with van der Waals surface area (Å²) >= 11 is 6.36. The van der Waals surface area contributed by atoms with E-state index in [2.05, 4.69) is 58.9 Å². The van der Waals surface area contributed by atoms with E-state index in [1.54, 1.807) is 5.56 Å². The average Bonchev–Trinajstić information content (AvgIpc) is 2.61. The highest BCUT2D eigenvalue weighted by molar-refractivity contribution is 6.81. The zero-order valence-electron chi connectivity index (χ0n) is 16.7. The third kappa shape index (κ3) is 6.22. The summed E-state index contributed by atoms with van der Waals surface area (Å²) in [7, 11) is -1.30. The lowest BCUT2D eigenvalue weighted by molar-refractivity contribution is 0.761. The summed E-state index contributed by atoms with van der Waals surface area (Å²) in [4.78, 5) is 0. The van der Waals surface area contributed by atoms with Gasteiger partial charge >= 0.3 is 0 Å². The molecule has 0 nitrogen and oxygen atoms in total. The average molecular weight is 367 g/mol. The Bertz CT molecular complexity index is 433. The molecule has 2 unspecified atom stereocenters. The molecule has 0 radical (unpaired) electrons. The Kier molecular flexibility index (Phi) is 10.3. The Labute approximate surface area is 157 Å². The fourth-order valence-electron chi connectivity index (χ4n) is 4.04. The molecule has 0 aliphatic carbocycles. The van der Waals surface area contributed by atoms with Gasteiger partial charge in [-0.15, -0.1) is 11.6 Å². The number of hydrogen-bond donors (Lipinski definition) is 0. The lowest BCUT2D eigenvalue weighted by Gasteiger charge is -2.39. The first-order valence-corrected chi connectivity index (χ1v) is 13.4. The van der Waals surface area contributed by atoms with Crippen LogP contribution in [0.3, 0.4) is 0 Å². The largest absolute Gasteiger partial charge is 0.118 e. The van der Waals surface area contributed by atoms with E-state index in [0.29, 0.717) is 0 Å².